The van der Waals surface area contributed by atoms with Crippen LogP contribution in [0.1, 0.15) is 5.56 Å². The summed E-state index contributed by atoms with van der Waals surface area (Å²) in [4.78, 5) is 21.0. The van der Waals surface area contributed by atoms with Gasteiger partial charge in [-0.1, -0.05) is 0 Å². The van der Waals surface area contributed by atoms with Crippen LogP contribution < -0.4 is 15.8 Å². The Morgan fingerprint density at radius 3 is 2.77 bits per heavy atom. The van der Waals surface area contributed by atoms with Gasteiger partial charge in [-0.2, -0.15) is 0 Å². The smallest absolute Gasteiger partial charge is 0.220 e. The Labute approximate surface area is 171 Å². The van der Waals surface area contributed by atoms with E-state index in [0.717, 1.165) is 33.8 Å². The highest BCUT2D eigenvalue weighted by Gasteiger charge is 2.09. The number of nitrogens with two attached hydrogens (primary N) is 1. The number of fused-ring (bicyclic) bond motifs is 2. The van der Waals surface area contributed by atoms with Gasteiger partial charge in [0.15, 0.2) is 5.82 Å². The first-order chi connectivity index (χ1) is 14.6. The highest BCUT2D eigenvalue weighted by atomic mass is 16.5. The third-order valence-corrected chi connectivity index (χ3v) is 4.76. The molecule has 0 spiro atoms. The lowest BCUT2D eigenvalue weighted by molar-refractivity contribution is 0.479. The summed E-state index contributed by atoms with van der Waals surface area (Å²) in [6, 6.07) is 11.7. The van der Waals surface area contributed by atoms with Gasteiger partial charge in [0.25, 0.3) is 0 Å². The second-order valence-electron chi connectivity index (χ2n) is 6.90. The number of rotatable bonds is 4. The van der Waals surface area contributed by atoms with Crippen LogP contribution in [0, 0.1) is 6.92 Å². The maximum atomic E-state index is 6.08. The molecule has 30 heavy (non-hydrogen) atoms. The van der Waals surface area contributed by atoms with Crippen molar-refractivity contribution in [3.05, 3.63) is 60.8 Å². The van der Waals surface area contributed by atoms with E-state index in [2.05, 4.69) is 30.2 Å². The fraction of sp³-hybridized carbons (Fsp3) is 0.0952. The van der Waals surface area contributed by atoms with Crippen molar-refractivity contribution in [2.75, 3.05) is 11.1 Å². The fourth-order valence-corrected chi connectivity index (χ4v) is 3.24. The maximum Gasteiger partial charge on any atom is 0.220 e. The summed E-state index contributed by atoms with van der Waals surface area (Å²) in [5.74, 6) is 2.22. The lowest BCUT2D eigenvalue weighted by Gasteiger charge is -2.12. The zero-order valence-electron chi connectivity index (χ0n) is 16.4. The fourth-order valence-electron chi connectivity index (χ4n) is 3.24. The van der Waals surface area contributed by atoms with E-state index in [9.17, 15) is 0 Å². The van der Waals surface area contributed by atoms with Gasteiger partial charge in [0, 0.05) is 18.8 Å². The summed E-state index contributed by atoms with van der Waals surface area (Å²) in [5, 5.41) is 3.27. The number of hydrogen-bond acceptors (Lipinski definition) is 8. The number of aryl methyl sites for hydroxylation is 2. The Balaban J connectivity index is 1.41. The van der Waals surface area contributed by atoms with Gasteiger partial charge in [-0.25, -0.2) is 24.9 Å². The molecule has 3 N–H and O–H groups in total. The summed E-state index contributed by atoms with van der Waals surface area (Å²) in [6.45, 7) is 1.98. The van der Waals surface area contributed by atoms with E-state index < -0.39 is 0 Å². The molecule has 5 rings (SSSR count). The molecule has 0 bridgehead atoms. The minimum Gasteiger partial charge on any atom is -0.457 e. The van der Waals surface area contributed by atoms with Crippen LogP contribution >= 0.6 is 0 Å². The lowest BCUT2D eigenvalue weighted by atomic mass is 10.2. The number of nitrogens with one attached hydrogen (secondary N) is 1. The molecule has 0 atom stereocenters. The van der Waals surface area contributed by atoms with E-state index >= 15 is 0 Å². The molecule has 0 saturated heterocycles. The van der Waals surface area contributed by atoms with Crippen LogP contribution in [0.15, 0.2) is 55.2 Å². The average molecular weight is 398 g/mol. The molecule has 0 amide bonds. The summed E-state index contributed by atoms with van der Waals surface area (Å²) in [5.41, 5.74) is 10.6. The SMILES string of the molecule is Cc1cc(Nc2ncnc3cnc(N)nc23)ccc1Oc1ccc2c(c1)ncn2C. The Bertz CT molecular complexity index is 1390. The minimum absolute atomic E-state index is 0.171. The highest BCUT2D eigenvalue weighted by Crippen LogP contribution is 2.30. The number of hydrogen-bond donors (Lipinski definition) is 2. The Hall–Kier alpha value is -4.27. The van der Waals surface area contributed by atoms with E-state index in [1.54, 1.807) is 12.5 Å². The molecule has 148 valence electrons. The normalized spacial score (nSPS) is 11.1. The third kappa shape index (κ3) is 3.22. The number of nitrogen functional groups attached to an aromatic ring is 1. The molecule has 0 fully saturated rings. The summed E-state index contributed by atoms with van der Waals surface area (Å²) < 4.78 is 8.05. The quantitative estimate of drug-likeness (QED) is 0.470. The molecular formula is C21H18N8O. The van der Waals surface area contributed by atoms with E-state index in [-0.39, 0.29) is 5.95 Å². The van der Waals surface area contributed by atoms with Crippen molar-refractivity contribution >= 4 is 39.5 Å². The first-order valence-corrected chi connectivity index (χ1v) is 9.27. The number of imidazole rings is 1. The first-order valence-electron chi connectivity index (χ1n) is 9.27. The molecule has 0 aliphatic rings. The molecule has 3 aromatic heterocycles. The topological polar surface area (TPSA) is 117 Å². The molecule has 9 nitrogen and oxygen atoms in total. The zero-order chi connectivity index (χ0) is 20.7. The van der Waals surface area contributed by atoms with Crippen molar-refractivity contribution in [3.63, 3.8) is 0 Å². The van der Waals surface area contributed by atoms with Crippen molar-refractivity contribution in [2.24, 2.45) is 7.05 Å². The number of anilines is 3. The number of aromatic nitrogens is 6. The van der Waals surface area contributed by atoms with Gasteiger partial charge in [-0.15, -0.1) is 0 Å². The predicted octanol–water partition coefficient (Wildman–Crippen LogP) is 3.73. The second-order valence-corrected chi connectivity index (χ2v) is 6.90. The van der Waals surface area contributed by atoms with E-state index in [1.165, 1.54) is 6.33 Å². The zero-order valence-corrected chi connectivity index (χ0v) is 16.4. The highest BCUT2D eigenvalue weighted by molar-refractivity contribution is 5.87. The van der Waals surface area contributed by atoms with Gasteiger partial charge in [0.05, 0.1) is 23.6 Å². The monoisotopic (exact) mass is 398 g/mol. The van der Waals surface area contributed by atoms with Crippen LogP contribution in [0.25, 0.3) is 22.1 Å². The van der Waals surface area contributed by atoms with Crippen LogP contribution in [0.4, 0.5) is 17.5 Å². The molecular weight excluding hydrogens is 380 g/mol. The van der Waals surface area contributed by atoms with Gasteiger partial charge >= 0.3 is 0 Å². The average Bonchev–Trinajstić information content (AvgIpc) is 3.11. The largest absolute Gasteiger partial charge is 0.457 e. The summed E-state index contributed by atoms with van der Waals surface area (Å²) in [7, 11) is 1.97. The van der Waals surface area contributed by atoms with Gasteiger partial charge in [0.1, 0.15) is 28.9 Å². The van der Waals surface area contributed by atoms with Crippen molar-refractivity contribution in [3.8, 4) is 11.5 Å². The third-order valence-electron chi connectivity index (χ3n) is 4.76. The van der Waals surface area contributed by atoms with Crippen LogP contribution in [0.5, 0.6) is 11.5 Å². The van der Waals surface area contributed by atoms with Crippen molar-refractivity contribution < 1.29 is 4.74 Å². The number of ether oxygens (including phenoxy) is 1. The van der Waals surface area contributed by atoms with Crippen LogP contribution in [0.2, 0.25) is 0 Å². The molecule has 9 heteroatoms. The predicted molar refractivity (Wildman–Crippen MR) is 115 cm³/mol. The second kappa shape index (κ2) is 6.96. The van der Waals surface area contributed by atoms with E-state index in [0.29, 0.717) is 16.9 Å². The number of nitrogens with zero attached hydrogens (tertiary/aromatic N) is 6. The van der Waals surface area contributed by atoms with E-state index in [4.69, 9.17) is 10.5 Å². The van der Waals surface area contributed by atoms with Gasteiger partial charge in [0.2, 0.25) is 5.95 Å². The van der Waals surface area contributed by atoms with Gasteiger partial charge in [-0.3, -0.25) is 0 Å². The van der Waals surface area contributed by atoms with Crippen LogP contribution in [-0.4, -0.2) is 29.5 Å². The first kappa shape index (κ1) is 17.8. The summed E-state index contributed by atoms with van der Waals surface area (Å²) in [6.07, 6.45) is 4.82. The Morgan fingerprint density at radius 1 is 1.00 bits per heavy atom. The van der Waals surface area contributed by atoms with Crippen LogP contribution in [0.3, 0.4) is 0 Å². The van der Waals surface area contributed by atoms with Crippen molar-refractivity contribution in [1.82, 2.24) is 29.5 Å². The van der Waals surface area contributed by atoms with E-state index in [1.807, 2.05) is 54.9 Å². The number of benzene rings is 2. The van der Waals surface area contributed by atoms with Gasteiger partial charge in [-0.05, 0) is 42.8 Å². The standard InChI is InChI=1S/C21H18N8O/c1-12-7-13(27-20-19-16(24-10-25-20)9-23-21(22)28-19)3-6-18(12)30-14-4-5-17-15(8-14)26-11-29(17)2/h3-11H,1-2H3,(H2,22,23,28)(H,24,25,27). The molecule has 3 heterocycles. The van der Waals surface area contributed by atoms with Gasteiger partial charge < -0.3 is 20.4 Å². The van der Waals surface area contributed by atoms with Crippen LogP contribution in [-0.2, 0) is 7.05 Å². The summed E-state index contributed by atoms with van der Waals surface area (Å²) >= 11 is 0. The molecule has 0 saturated carbocycles. The minimum atomic E-state index is 0.171. The Kier molecular flexibility index (Phi) is 4.13. The van der Waals surface area contributed by atoms with Crippen molar-refractivity contribution in [2.45, 2.75) is 6.92 Å². The molecule has 5 aromatic rings. The Morgan fingerprint density at radius 2 is 1.90 bits per heavy atom. The lowest BCUT2D eigenvalue weighted by Crippen LogP contribution is -2.01. The van der Waals surface area contributed by atoms with Crippen molar-refractivity contribution in [1.29, 1.82) is 0 Å². The molecule has 0 unspecified atom stereocenters. The maximum absolute atomic E-state index is 6.08. The molecule has 0 aliphatic carbocycles. The molecule has 0 radical (unpaired) electrons. The molecule has 0 aliphatic heterocycles. The molecule has 2 aromatic carbocycles.